The zero-order valence-corrected chi connectivity index (χ0v) is 9.18. The first-order valence-electron chi connectivity index (χ1n) is 4.72. The molecule has 76 valence electrons. The van der Waals surface area contributed by atoms with Crippen molar-refractivity contribution in [1.82, 2.24) is 0 Å². The van der Waals surface area contributed by atoms with E-state index in [-0.39, 0.29) is 5.92 Å². The number of alkyl halides is 2. The average Bonchev–Trinajstić information content (AvgIpc) is 2.05. The van der Waals surface area contributed by atoms with Gasteiger partial charge < -0.3 is 0 Å². The van der Waals surface area contributed by atoms with Crippen LogP contribution in [0.25, 0.3) is 0 Å². The highest BCUT2D eigenvalue weighted by Gasteiger charge is 2.38. The summed E-state index contributed by atoms with van der Waals surface area (Å²) < 4.78 is 26.0. The lowest BCUT2D eigenvalue weighted by molar-refractivity contribution is 0.0168. The number of hydrogen-bond donors (Lipinski definition) is 0. The maximum Gasteiger partial charge on any atom is 0.242 e. The second kappa shape index (κ2) is 3.97. The summed E-state index contributed by atoms with van der Waals surface area (Å²) in [6.45, 7) is 0. The maximum atomic E-state index is 12.5. The summed E-state index contributed by atoms with van der Waals surface area (Å²) in [6, 6.07) is 7.69. The maximum absolute atomic E-state index is 12.5. The summed E-state index contributed by atoms with van der Waals surface area (Å²) in [7, 11) is 0. The molecule has 0 spiro atoms. The van der Waals surface area contributed by atoms with Crippen molar-refractivity contribution in [1.29, 1.82) is 0 Å². The Morgan fingerprint density at radius 3 is 2.21 bits per heavy atom. The van der Waals surface area contributed by atoms with Gasteiger partial charge in [0.15, 0.2) is 0 Å². The van der Waals surface area contributed by atoms with Crippen LogP contribution in [-0.4, -0.2) is 6.43 Å². The third-order valence-corrected chi connectivity index (χ3v) is 3.48. The van der Waals surface area contributed by atoms with Crippen molar-refractivity contribution >= 4 is 15.9 Å². The van der Waals surface area contributed by atoms with Gasteiger partial charge in [-0.1, -0.05) is 28.1 Å². The number of hydrogen-bond acceptors (Lipinski definition) is 0. The Labute approximate surface area is 90.4 Å². The minimum Gasteiger partial charge on any atom is -0.210 e. The first-order chi connectivity index (χ1) is 6.68. The Kier molecular flexibility index (Phi) is 2.86. The Balaban J connectivity index is 2.12. The highest BCUT2D eigenvalue weighted by Crippen LogP contribution is 2.45. The van der Waals surface area contributed by atoms with Gasteiger partial charge in [0, 0.05) is 10.4 Å². The molecule has 0 nitrogen and oxygen atoms in total. The van der Waals surface area contributed by atoms with Crippen LogP contribution in [-0.2, 0) is 0 Å². The predicted molar refractivity (Wildman–Crippen MR) is 55.6 cm³/mol. The average molecular weight is 261 g/mol. The summed E-state index contributed by atoms with van der Waals surface area (Å²) in [6.07, 6.45) is -0.605. The molecular weight excluding hydrogens is 250 g/mol. The summed E-state index contributed by atoms with van der Waals surface area (Å²) in [4.78, 5) is 0. The fourth-order valence-electron chi connectivity index (χ4n) is 1.95. The van der Waals surface area contributed by atoms with Crippen LogP contribution in [0.3, 0.4) is 0 Å². The first-order valence-corrected chi connectivity index (χ1v) is 5.51. The first kappa shape index (κ1) is 10.1. The molecule has 0 saturated heterocycles. The van der Waals surface area contributed by atoms with Crippen LogP contribution >= 0.6 is 15.9 Å². The largest absolute Gasteiger partial charge is 0.242 e. The molecule has 0 heterocycles. The van der Waals surface area contributed by atoms with Gasteiger partial charge in [-0.05, 0) is 36.5 Å². The summed E-state index contributed by atoms with van der Waals surface area (Å²) in [5.41, 5.74) is 1.05. The second-order valence-electron chi connectivity index (χ2n) is 3.73. The van der Waals surface area contributed by atoms with Crippen molar-refractivity contribution in [3.63, 3.8) is 0 Å². The van der Waals surface area contributed by atoms with Gasteiger partial charge in [0.05, 0.1) is 0 Å². The summed E-state index contributed by atoms with van der Waals surface area (Å²) >= 11 is 3.33. The SMILES string of the molecule is FC(F)C1CCC1c1ccc(Br)cc1. The molecule has 0 radical (unpaired) electrons. The fraction of sp³-hybridized carbons (Fsp3) is 0.455. The van der Waals surface area contributed by atoms with Gasteiger partial charge in [0.2, 0.25) is 6.43 Å². The second-order valence-corrected chi connectivity index (χ2v) is 4.65. The van der Waals surface area contributed by atoms with Crippen LogP contribution in [0.2, 0.25) is 0 Å². The van der Waals surface area contributed by atoms with Crippen LogP contribution in [0.5, 0.6) is 0 Å². The van der Waals surface area contributed by atoms with E-state index < -0.39 is 12.3 Å². The van der Waals surface area contributed by atoms with E-state index in [1.807, 2.05) is 24.3 Å². The van der Waals surface area contributed by atoms with E-state index in [0.29, 0.717) is 6.42 Å². The molecule has 0 bridgehead atoms. The minimum absolute atomic E-state index is 0.0723. The summed E-state index contributed by atoms with van der Waals surface area (Å²) in [5.74, 6) is -0.348. The molecule has 1 aromatic carbocycles. The quantitative estimate of drug-likeness (QED) is 0.748. The van der Waals surface area contributed by atoms with Crippen LogP contribution in [0.1, 0.15) is 24.3 Å². The van der Waals surface area contributed by atoms with Gasteiger partial charge >= 0.3 is 0 Å². The molecule has 1 aliphatic carbocycles. The lowest BCUT2D eigenvalue weighted by Gasteiger charge is -2.36. The predicted octanol–water partition coefficient (Wildman–Crippen LogP) is 4.21. The van der Waals surface area contributed by atoms with Gasteiger partial charge in [-0.25, -0.2) is 8.78 Å². The molecule has 1 fully saturated rings. The Morgan fingerprint density at radius 2 is 1.79 bits per heavy atom. The third-order valence-electron chi connectivity index (χ3n) is 2.95. The lowest BCUT2D eigenvalue weighted by atomic mass is 9.70. The molecular formula is C11H11BrF2. The van der Waals surface area contributed by atoms with E-state index in [4.69, 9.17) is 0 Å². The molecule has 2 rings (SSSR count). The number of benzene rings is 1. The Morgan fingerprint density at radius 1 is 1.14 bits per heavy atom. The van der Waals surface area contributed by atoms with Gasteiger partial charge in [-0.3, -0.25) is 0 Å². The molecule has 3 heteroatoms. The van der Waals surface area contributed by atoms with Crippen LogP contribution < -0.4 is 0 Å². The molecule has 1 saturated carbocycles. The van der Waals surface area contributed by atoms with Crippen molar-refractivity contribution in [2.24, 2.45) is 5.92 Å². The van der Waals surface area contributed by atoms with Crippen LogP contribution in [0.4, 0.5) is 8.78 Å². The molecule has 1 aromatic rings. The number of rotatable bonds is 2. The molecule has 0 aromatic heterocycles. The van der Waals surface area contributed by atoms with Crippen LogP contribution in [0, 0.1) is 5.92 Å². The zero-order valence-electron chi connectivity index (χ0n) is 7.59. The fourth-order valence-corrected chi connectivity index (χ4v) is 2.22. The molecule has 1 aliphatic rings. The minimum atomic E-state index is -2.17. The molecule has 0 amide bonds. The van der Waals surface area contributed by atoms with E-state index >= 15 is 0 Å². The van der Waals surface area contributed by atoms with Crippen molar-refractivity contribution in [3.05, 3.63) is 34.3 Å². The molecule has 0 aliphatic heterocycles. The van der Waals surface area contributed by atoms with Crippen molar-refractivity contribution in [3.8, 4) is 0 Å². The summed E-state index contributed by atoms with van der Waals surface area (Å²) in [5, 5.41) is 0. The van der Waals surface area contributed by atoms with Crippen LogP contribution in [0.15, 0.2) is 28.7 Å². The van der Waals surface area contributed by atoms with E-state index in [9.17, 15) is 8.78 Å². The molecule has 2 unspecified atom stereocenters. The van der Waals surface area contributed by atoms with Crippen molar-refractivity contribution in [2.45, 2.75) is 25.2 Å². The van der Waals surface area contributed by atoms with Gasteiger partial charge in [0.1, 0.15) is 0 Å². The van der Waals surface area contributed by atoms with E-state index in [1.54, 1.807) is 0 Å². The lowest BCUT2D eigenvalue weighted by Crippen LogP contribution is -2.29. The smallest absolute Gasteiger partial charge is 0.210 e. The van der Waals surface area contributed by atoms with Crippen molar-refractivity contribution in [2.75, 3.05) is 0 Å². The van der Waals surface area contributed by atoms with E-state index in [2.05, 4.69) is 15.9 Å². The highest BCUT2D eigenvalue weighted by molar-refractivity contribution is 9.10. The topological polar surface area (TPSA) is 0 Å². The molecule has 2 atom stereocenters. The third kappa shape index (κ3) is 1.83. The van der Waals surface area contributed by atoms with Gasteiger partial charge in [-0.15, -0.1) is 0 Å². The standard InChI is InChI=1S/C11H11BrF2/c12-8-3-1-7(2-4-8)9-5-6-10(9)11(13)14/h1-4,9-11H,5-6H2. The highest BCUT2D eigenvalue weighted by atomic mass is 79.9. The van der Waals surface area contributed by atoms with E-state index in [1.165, 1.54) is 0 Å². The Bertz CT molecular complexity index is 308. The van der Waals surface area contributed by atoms with E-state index in [0.717, 1.165) is 16.5 Å². The Hall–Kier alpha value is -0.440. The van der Waals surface area contributed by atoms with Crippen molar-refractivity contribution < 1.29 is 8.78 Å². The zero-order chi connectivity index (χ0) is 10.1. The monoisotopic (exact) mass is 260 g/mol. The number of halogens is 3. The normalized spacial score (nSPS) is 26.3. The van der Waals surface area contributed by atoms with Gasteiger partial charge in [-0.2, -0.15) is 0 Å². The molecule has 14 heavy (non-hydrogen) atoms. The van der Waals surface area contributed by atoms with Gasteiger partial charge in [0.25, 0.3) is 0 Å². The molecule has 0 N–H and O–H groups in total.